The summed E-state index contributed by atoms with van der Waals surface area (Å²) in [6.07, 6.45) is -0.498. The average molecular weight is 390 g/mol. The van der Waals surface area contributed by atoms with Gasteiger partial charge in [-0.1, -0.05) is 26.0 Å². The lowest BCUT2D eigenvalue weighted by Gasteiger charge is -2.27. The highest BCUT2D eigenvalue weighted by atomic mass is 16.6. The van der Waals surface area contributed by atoms with Crippen LogP contribution in [0, 0.1) is 5.41 Å². The van der Waals surface area contributed by atoms with Gasteiger partial charge in [0.2, 0.25) is 5.91 Å². The number of carbonyl (C=O) groups is 3. The number of rotatable bonds is 6. The quantitative estimate of drug-likeness (QED) is 0.440. The van der Waals surface area contributed by atoms with Crippen molar-refractivity contribution in [3.63, 3.8) is 0 Å². The van der Waals surface area contributed by atoms with Crippen LogP contribution >= 0.6 is 0 Å². The van der Waals surface area contributed by atoms with Crippen LogP contribution in [0.2, 0.25) is 0 Å². The Morgan fingerprint density at radius 2 is 1.71 bits per heavy atom. The smallest absolute Gasteiger partial charge is 0.407 e. The molecule has 0 bridgehead atoms. The summed E-state index contributed by atoms with van der Waals surface area (Å²) in [5, 5.41) is 14.8. The molecule has 154 valence electrons. The van der Waals surface area contributed by atoms with E-state index in [-0.39, 0.29) is 12.4 Å². The number of hydrogen-bond donors (Lipinski definition) is 4. The summed E-state index contributed by atoms with van der Waals surface area (Å²) in [5.74, 6) is -0.838. The molecule has 3 amide bonds. The van der Waals surface area contributed by atoms with Gasteiger partial charge in [0.25, 0.3) is 5.91 Å². The van der Waals surface area contributed by atoms with Crippen molar-refractivity contribution >= 4 is 23.7 Å². The first kappa shape index (κ1) is 23.1. The molecule has 1 aromatic rings. The molecule has 0 fully saturated rings. The Bertz CT molecular complexity index is 751. The zero-order valence-corrected chi connectivity index (χ0v) is 17.4. The van der Waals surface area contributed by atoms with Crippen LogP contribution in [0.3, 0.4) is 0 Å². The highest BCUT2D eigenvalue weighted by Gasteiger charge is 2.24. The zero-order chi connectivity index (χ0) is 21.5. The molecule has 0 aliphatic heterocycles. The largest absolute Gasteiger partial charge is 0.444 e. The molecule has 0 saturated carbocycles. The van der Waals surface area contributed by atoms with Gasteiger partial charge in [0.1, 0.15) is 5.60 Å². The zero-order valence-electron chi connectivity index (χ0n) is 17.4. The second-order valence-electron chi connectivity index (χ2n) is 8.18. The summed E-state index contributed by atoms with van der Waals surface area (Å²) in [6.45, 7) is 10.8. The van der Waals surface area contributed by atoms with E-state index in [1.807, 2.05) is 19.9 Å². The Kier molecular flexibility index (Phi) is 7.72. The first-order valence-corrected chi connectivity index (χ1v) is 9.01. The summed E-state index contributed by atoms with van der Waals surface area (Å²) in [5.41, 5.74) is 0.245. The van der Waals surface area contributed by atoms with E-state index in [0.29, 0.717) is 12.1 Å². The highest BCUT2D eigenvalue weighted by molar-refractivity contribution is 6.00. The number of nitrogens with one attached hydrogen (secondary N) is 4. The molecule has 0 radical (unpaired) electrons. The third-order valence-corrected chi connectivity index (χ3v) is 3.72. The fourth-order valence-electron chi connectivity index (χ4n) is 2.31. The molecule has 1 rings (SSSR count). The molecule has 0 aromatic heterocycles. The van der Waals surface area contributed by atoms with Crippen molar-refractivity contribution in [3.8, 4) is 0 Å². The monoisotopic (exact) mass is 390 g/mol. The first-order chi connectivity index (χ1) is 12.8. The molecule has 0 unspecified atom stereocenters. The molecule has 1 aromatic carbocycles. The minimum absolute atomic E-state index is 0.0143. The summed E-state index contributed by atoms with van der Waals surface area (Å²) < 4.78 is 5.25. The molecule has 0 saturated heterocycles. The van der Waals surface area contributed by atoms with E-state index in [4.69, 9.17) is 10.1 Å². The van der Waals surface area contributed by atoms with E-state index >= 15 is 0 Å². The third-order valence-electron chi connectivity index (χ3n) is 3.72. The Morgan fingerprint density at radius 3 is 2.29 bits per heavy atom. The van der Waals surface area contributed by atoms with Gasteiger partial charge in [-0.05, 0) is 45.4 Å². The summed E-state index contributed by atoms with van der Waals surface area (Å²) in [6, 6.07) is 7.00. The molecule has 0 spiro atoms. The van der Waals surface area contributed by atoms with E-state index < -0.39 is 28.9 Å². The van der Waals surface area contributed by atoms with Crippen LogP contribution in [-0.2, 0) is 14.9 Å². The van der Waals surface area contributed by atoms with Crippen LogP contribution in [0.15, 0.2) is 24.3 Å². The number of ether oxygens (including phenoxy) is 1. The van der Waals surface area contributed by atoms with Crippen molar-refractivity contribution in [2.75, 3.05) is 13.1 Å². The lowest BCUT2D eigenvalue weighted by Crippen LogP contribution is -2.40. The second-order valence-corrected chi connectivity index (χ2v) is 8.18. The lowest BCUT2D eigenvalue weighted by molar-refractivity contribution is -0.118. The van der Waals surface area contributed by atoms with Crippen LogP contribution in [0.1, 0.15) is 57.5 Å². The molecular weight excluding hydrogens is 360 g/mol. The summed E-state index contributed by atoms with van der Waals surface area (Å²) >= 11 is 0. The number of carbonyl (C=O) groups excluding carboxylic acids is 3. The van der Waals surface area contributed by atoms with Gasteiger partial charge < -0.3 is 20.7 Å². The van der Waals surface area contributed by atoms with Crippen molar-refractivity contribution in [3.05, 3.63) is 35.4 Å². The maximum absolute atomic E-state index is 12.3. The highest BCUT2D eigenvalue weighted by Crippen LogP contribution is 2.23. The van der Waals surface area contributed by atoms with Crippen molar-refractivity contribution in [2.24, 2.45) is 0 Å². The van der Waals surface area contributed by atoms with Crippen molar-refractivity contribution in [1.82, 2.24) is 16.0 Å². The summed E-state index contributed by atoms with van der Waals surface area (Å²) in [4.78, 5) is 35.7. The van der Waals surface area contributed by atoms with E-state index in [1.165, 1.54) is 6.92 Å². The Morgan fingerprint density at radius 1 is 1.07 bits per heavy atom. The van der Waals surface area contributed by atoms with Gasteiger partial charge in [0, 0.05) is 17.5 Å². The number of hydrogen-bond acceptors (Lipinski definition) is 5. The van der Waals surface area contributed by atoms with Gasteiger partial charge in [0.15, 0.2) is 0 Å². The van der Waals surface area contributed by atoms with E-state index in [9.17, 15) is 14.4 Å². The molecule has 8 nitrogen and oxygen atoms in total. The van der Waals surface area contributed by atoms with E-state index in [2.05, 4.69) is 16.0 Å². The third kappa shape index (κ3) is 8.20. The van der Waals surface area contributed by atoms with Gasteiger partial charge in [-0.15, -0.1) is 0 Å². The van der Waals surface area contributed by atoms with E-state index in [0.717, 1.165) is 5.56 Å². The fraction of sp³-hybridized carbons (Fsp3) is 0.500. The van der Waals surface area contributed by atoms with Crippen LogP contribution in [0.25, 0.3) is 0 Å². The molecule has 28 heavy (non-hydrogen) atoms. The lowest BCUT2D eigenvalue weighted by atomic mass is 9.84. The number of alkyl carbamates (subject to hydrolysis) is 1. The van der Waals surface area contributed by atoms with Gasteiger partial charge in [0.05, 0.1) is 12.4 Å². The fourth-order valence-corrected chi connectivity index (χ4v) is 2.31. The van der Waals surface area contributed by atoms with Gasteiger partial charge >= 0.3 is 6.09 Å². The van der Waals surface area contributed by atoms with E-state index in [1.54, 1.807) is 39.0 Å². The van der Waals surface area contributed by atoms with Gasteiger partial charge in [-0.2, -0.15) is 0 Å². The Labute approximate surface area is 165 Å². The minimum atomic E-state index is -0.575. The maximum atomic E-state index is 12.3. The standard InChI is InChI=1S/C20H30N4O4/c1-13(21)24-16(25)11-22-17(26)14-8-7-9-15(10-14)20(5,6)12-23-18(27)28-19(2,3)4/h7-10H,11-12H2,1-6H3,(H,22,26)(H,23,27)(H2,21,24,25). The molecule has 4 N–H and O–H groups in total. The predicted octanol–water partition coefficient (Wildman–Crippen LogP) is 2.33. The normalized spacial score (nSPS) is 11.4. The van der Waals surface area contributed by atoms with Crippen LogP contribution in [-0.4, -0.2) is 42.4 Å². The molecule has 0 aliphatic carbocycles. The SMILES string of the molecule is CC(=N)NC(=O)CNC(=O)c1cccc(C(C)(C)CNC(=O)OC(C)(C)C)c1. The maximum Gasteiger partial charge on any atom is 0.407 e. The van der Waals surface area contributed by atoms with Crippen LogP contribution in [0.5, 0.6) is 0 Å². The van der Waals surface area contributed by atoms with Crippen LogP contribution < -0.4 is 16.0 Å². The average Bonchev–Trinajstić information content (AvgIpc) is 2.56. The first-order valence-electron chi connectivity index (χ1n) is 9.01. The summed E-state index contributed by atoms with van der Waals surface area (Å²) in [7, 11) is 0. The van der Waals surface area contributed by atoms with Crippen LogP contribution in [0.4, 0.5) is 4.79 Å². The molecule has 0 atom stereocenters. The van der Waals surface area contributed by atoms with Gasteiger partial charge in [-0.3, -0.25) is 15.0 Å². The Hall–Kier alpha value is -2.90. The number of benzene rings is 1. The second kappa shape index (κ2) is 9.34. The topological polar surface area (TPSA) is 120 Å². The predicted molar refractivity (Wildman–Crippen MR) is 108 cm³/mol. The molecule has 8 heteroatoms. The molecule has 0 aliphatic rings. The molecule has 0 heterocycles. The van der Waals surface area contributed by atoms with Crippen molar-refractivity contribution in [2.45, 2.75) is 52.6 Å². The van der Waals surface area contributed by atoms with Crippen molar-refractivity contribution in [1.29, 1.82) is 5.41 Å². The number of amides is 3. The number of amidine groups is 1. The Balaban J connectivity index is 2.74. The molecular formula is C20H30N4O4. The van der Waals surface area contributed by atoms with Crippen molar-refractivity contribution < 1.29 is 19.1 Å². The minimum Gasteiger partial charge on any atom is -0.444 e. The van der Waals surface area contributed by atoms with Gasteiger partial charge in [-0.25, -0.2) is 4.79 Å².